The van der Waals surface area contributed by atoms with E-state index in [0.29, 0.717) is 28.8 Å². The highest BCUT2D eigenvalue weighted by atomic mass is 35.5. The van der Waals surface area contributed by atoms with Crippen LogP contribution in [-0.4, -0.2) is 54.8 Å². The molecule has 2 atom stereocenters. The van der Waals surface area contributed by atoms with Gasteiger partial charge >= 0.3 is 5.97 Å². The van der Waals surface area contributed by atoms with Crippen LogP contribution in [0.25, 0.3) is 0 Å². The van der Waals surface area contributed by atoms with E-state index >= 15 is 0 Å². The molecular formula is C13H18ClNO5S. The van der Waals surface area contributed by atoms with Crippen molar-refractivity contribution in [1.29, 1.82) is 0 Å². The molecule has 1 aliphatic heterocycles. The molecular weight excluding hydrogens is 318 g/mol. The number of carbonyl (C=O) groups is 1. The molecule has 2 unspecified atom stereocenters. The first-order valence-corrected chi connectivity index (χ1v) is 7.71. The molecule has 0 saturated carbocycles. The predicted molar refractivity (Wildman–Crippen MR) is 78.8 cm³/mol. The van der Waals surface area contributed by atoms with Crippen molar-refractivity contribution < 1.29 is 24.5 Å². The minimum absolute atomic E-state index is 0.140. The van der Waals surface area contributed by atoms with Gasteiger partial charge in [0.25, 0.3) is 0 Å². The lowest BCUT2D eigenvalue weighted by Crippen LogP contribution is -2.48. The number of carbonyl (C=O) groups excluding carboxylic acids is 1. The second kappa shape index (κ2) is 7.04. The molecule has 1 saturated heterocycles. The van der Waals surface area contributed by atoms with Crippen molar-refractivity contribution in [2.24, 2.45) is 0 Å². The van der Waals surface area contributed by atoms with Crippen molar-refractivity contribution >= 4 is 28.9 Å². The number of methoxy groups -OCH3 is 1. The van der Waals surface area contributed by atoms with Crippen LogP contribution in [0, 0.1) is 0 Å². The van der Waals surface area contributed by atoms with Gasteiger partial charge in [-0.2, -0.15) is 0 Å². The van der Waals surface area contributed by atoms with Crippen LogP contribution in [0.2, 0.25) is 4.34 Å². The third kappa shape index (κ3) is 3.94. The molecule has 2 heterocycles. The first kappa shape index (κ1) is 16.7. The number of hydrogen-bond donors (Lipinski definition) is 3. The average molecular weight is 336 g/mol. The van der Waals surface area contributed by atoms with Crippen LogP contribution in [0.3, 0.4) is 0 Å². The van der Waals surface area contributed by atoms with E-state index in [9.17, 15) is 15.0 Å². The van der Waals surface area contributed by atoms with Gasteiger partial charge in [-0.25, -0.2) is 4.79 Å². The molecule has 1 aromatic rings. The molecule has 0 bridgehead atoms. The quantitative estimate of drug-likeness (QED) is 0.666. The minimum Gasteiger partial charge on any atom is -0.465 e. The Morgan fingerprint density at radius 2 is 2.48 bits per heavy atom. The number of thiophene rings is 1. The summed E-state index contributed by atoms with van der Waals surface area (Å²) in [6.07, 6.45) is -0.501. The van der Waals surface area contributed by atoms with Crippen molar-refractivity contribution in [2.75, 3.05) is 26.9 Å². The van der Waals surface area contributed by atoms with E-state index in [1.165, 1.54) is 7.11 Å². The lowest BCUT2D eigenvalue weighted by atomic mass is 9.96. The summed E-state index contributed by atoms with van der Waals surface area (Å²) >= 11 is 7.20. The van der Waals surface area contributed by atoms with E-state index in [1.54, 1.807) is 6.07 Å². The van der Waals surface area contributed by atoms with Crippen molar-refractivity contribution in [2.45, 2.75) is 24.7 Å². The minimum atomic E-state index is -1.19. The summed E-state index contributed by atoms with van der Waals surface area (Å²) in [5.74, 6) is -0.425. The number of rotatable bonds is 6. The lowest BCUT2D eigenvalue weighted by Gasteiger charge is -2.27. The fraction of sp³-hybridized carbons (Fsp3) is 0.615. The summed E-state index contributed by atoms with van der Waals surface area (Å²) in [6, 6.07) is 1.66. The zero-order chi connectivity index (χ0) is 15.5. The Bertz CT molecular complexity index is 501. The maximum Gasteiger partial charge on any atom is 0.348 e. The molecule has 2 rings (SSSR count). The number of halogens is 1. The molecule has 1 fully saturated rings. The fourth-order valence-electron chi connectivity index (χ4n) is 2.09. The second-order valence-electron chi connectivity index (χ2n) is 4.95. The van der Waals surface area contributed by atoms with Gasteiger partial charge in [-0.3, -0.25) is 0 Å². The molecule has 0 aromatic carbocycles. The molecule has 0 amide bonds. The Morgan fingerprint density at radius 1 is 1.71 bits per heavy atom. The highest BCUT2D eigenvalue weighted by Gasteiger charge is 2.39. The molecule has 0 radical (unpaired) electrons. The summed E-state index contributed by atoms with van der Waals surface area (Å²) in [7, 11) is 1.31. The molecule has 3 N–H and O–H groups in total. The topological polar surface area (TPSA) is 88.0 Å². The number of esters is 1. The summed E-state index contributed by atoms with van der Waals surface area (Å²) in [5, 5.41) is 23.1. The van der Waals surface area contributed by atoms with Gasteiger partial charge < -0.3 is 25.0 Å². The van der Waals surface area contributed by atoms with Crippen LogP contribution in [0.15, 0.2) is 6.07 Å². The van der Waals surface area contributed by atoms with Crippen molar-refractivity contribution in [3.05, 3.63) is 20.8 Å². The zero-order valence-corrected chi connectivity index (χ0v) is 13.2. The normalized spacial score (nSPS) is 23.2. The maximum atomic E-state index is 11.4. The van der Waals surface area contributed by atoms with Crippen molar-refractivity contribution in [1.82, 2.24) is 5.32 Å². The van der Waals surface area contributed by atoms with E-state index in [4.69, 9.17) is 16.3 Å². The molecule has 6 nitrogen and oxygen atoms in total. The summed E-state index contributed by atoms with van der Waals surface area (Å²) in [4.78, 5) is 11.8. The van der Waals surface area contributed by atoms with Gasteiger partial charge in [-0.05, 0) is 11.6 Å². The number of aliphatic hydroxyl groups excluding tert-OH is 1. The second-order valence-corrected chi connectivity index (χ2v) is 6.61. The van der Waals surface area contributed by atoms with Gasteiger partial charge in [0, 0.05) is 26.1 Å². The Kier molecular flexibility index (Phi) is 5.59. The predicted octanol–water partition coefficient (Wildman–Crippen LogP) is 0.790. The third-order valence-electron chi connectivity index (χ3n) is 3.45. The highest BCUT2D eigenvalue weighted by Crippen LogP contribution is 2.28. The molecule has 0 aliphatic carbocycles. The van der Waals surface area contributed by atoms with Crippen LogP contribution < -0.4 is 5.32 Å². The fourth-order valence-corrected chi connectivity index (χ4v) is 3.29. The van der Waals surface area contributed by atoms with Crippen LogP contribution in [0.5, 0.6) is 0 Å². The number of hydrogen-bond acceptors (Lipinski definition) is 7. The number of ether oxygens (including phenoxy) is 2. The summed E-state index contributed by atoms with van der Waals surface area (Å²) < 4.78 is 10.2. The van der Waals surface area contributed by atoms with E-state index in [0.717, 1.165) is 16.9 Å². The Hall–Kier alpha value is -0.700. The van der Waals surface area contributed by atoms with Crippen LogP contribution in [-0.2, 0) is 16.0 Å². The molecule has 8 heteroatoms. The highest BCUT2D eigenvalue weighted by molar-refractivity contribution is 7.18. The smallest absolute Gasteiger partial charge is 0.348 e. The maximum absolute atomic E-state index is 11.4. The summed E-state index contributed by atoms with van der Waals surface area (Å²) in [6.45, 7) is 1.19. The van der Waals surface area contributed by atoms with Gasteiger partial charge in [0.15, 0.2) is 0 Å². The average Bonchev–Trinajstić information content (AvgIpc) is 3.06. The van der Waals surface area contributed by atoms with Crippen molar-refractivity contribution in [3.8, 4) is 0 Å². The van der Waals surface area contributed by atoms with E-state index in [1.807, 2.05) is 0 Å². The van der Waals surface area contributed by atoms with Gasteiger partial charge in [0.05, 0.1) is 24.2 Å². The largest absolute Gasteiger partial charge is 0.465 e. The van der Waals surface area contributed by atoms with E-state index < -0.39 is 17.7 Å². The molecule has 1 aromatic heterocycles. The van der Waals surface area contributed by atoms with Crippen molar-refractivity contribution in [3.63, 3.8) is 0 Å². The van der Waals surface area contributed by atoms with Gasteiger partial charge in [-0.1, -0.05) is 11.6 Å². The Morgan fingerprint density at radius 3 is 3.10 bits per heavy atom. The Balaban J connectivity index is 1.86. The van der Waals surface area contributed by atoms with Gasteiger partial charge in [0.2, 0.25) is 0 Å². The Labute approximate surface area is 131 Å². The SMILES string of the molecule is COC(=O)c1cc(CNCC(O)C2(O)CCOC2)c(Cl)s1. The standard InChI is InChI=1S/C13H18ClNO5S/c1-19-12(17)9-4-8(11(14)21-9)5-15-6-10(16)13(18)2-3-20-7-13/h4,10,15-16,18H,2-3,5-7H2,1H3. The molecule has 118 valence electrons. The lowest BCUT2D eigenvalue weighted by molar-refractivity contribution is -0.0748. The zero-order valence-electron chi connectivity index (χ0n) is 11.6. The van der Waals surface area contributed by atoms with Gasteiger partial charge in [-0.15, -0.1) is 11.3 Å². The molecule has 1 aliphatic rings. The number of aliphatic hydroxyl groups is 2. The van der Waals surface area contributed by atoms with E-state index in [-0.39, 0.29) is 13.2 Å². The number of nitrogens with one attached hydrogen (secondary N) is 1. The monoisotopic (exact) mass is 335 g/mol. The van der Waals surface area contributed by atoms with Crippen LogP contribution in [0.1, 0.15) is 21.7 Å². The third-order valence-corrected chi connectivity index (χ3v) is 4.87. The van der Waals surface area contributed by atoms with Crippen LogP contribution in [0.4, 0.5) is 0 Å². The molecule has 0 spiro atoms. The van der Waals surface area contributed by atoms with E-state index in [2.05, 4.69) is 10.1 Å². The first-order chi connectivity index (χ1) is 9.96. The molecule has 21 heavy (non-hydrogen) atoms. The van der Waals surface area contributed by atoms with Gasteiger partial charge in [0.1, 0.15) is 10.5 Å². The van der Waals surface area contributed by atoms with Crippen LogP contribution >= 0.6 is 22.9 Å². The first-order valence-electron chi connectivity index (χ1n) is 6.51. The summed E-state index contributed by atoms with van der Waals surface area (Å²) in [5.41, 5.74) is -0.438.